The zero-order valence-corrected chi connectivity index (χ0v) is 8.38. The second kappa shape index (κ2) is 5.10. The molecule has 13 heavy (non-hydrogen) atoms. The average Bonchev–Trinajstić information content (AvgIpc) is 2.16. The van der Waals surface area contributed by atoms with Gasteiger partial charge >= 0.3 is 0 Å². The summed E-state index contributed by atoms with van der Waals surface area (Å²) in [5, 5.41) is 12.3. The number of hydrogen-bond acceptors (Lipinski definition) is 2. The number of alkyl halides is 1. The van der Waals surface area contributed by atoms with E-state index in [-0.39, 0.29) is 5.88 Å². The molecule has 1 aromatic rings. The van der Waals surface area contributed by atoms with E-state index in [4.69, 9.17) is 11.6 Å². The molecule has 0 heterocycles. The number of benzene rings is 1. The number of rotatable bonds is 4. The molecule has 1 rings (SSSR count). The molecule has 0 aliphatic carbocycles. The van der Waals surface area contributed by atoms with Gasteiger partial charge in [0.2, 0.25) is 0 Å². The fourth-order valence-corrected chi connectivity index (χ4v) is 1.07. The van der Waals surface area contributed by atoms with Gasteiger partial charge in [-0.15, -0.1) is 11.6 Å². The molecule has 0 aliphatic rings. The number of aliphatic hydroxyl groups excluding tert-OH is 1. The second-order valence-electron chi connectivity index (χ2n) is 3.06. The van der Waals surface area contributed by atoms with Crippen LogP contribution in [0.15, 0.2) is 24.3 Å². The van der Waals surface area contributed by atoms with E-state index in [1.54, 1.807) is 0 Å². The van der Waals surface area contributed by atoms with E-state index in [1.165, 1.54) is 5.56 Å². The molecule has 3 heteroatoms. The first kappa shape index (κ1) is 10.4. The number of aliphatic hydroxyl groups is 1. The molecule has 0 bridgehead atoms. The maximum Gasteiger partial charge on any atom is 0.0847 e. The highest BCUT2D eigenvalue weighted by atomic mass is 35.5. The fourth-order valence-electron chi connectivity index (χ4n) is 0.962. The lowest BCUT2D eigenvalue weighted by atomic mass is 10.2. The zero-order valence-electron chi connectivity index (χ0n) is 7.63. The molecule has 2 nitrogen and oxygen atoms in total. The molecule has 72 valence electrons. The van der Waals surface area contributed by atoms with E-state index >= 15 is 0 Å². The summed E-state index contributed by atoms with van der Waals surface area (Å²) < 4.78 is 0. The van der Waals surface area contributed by atoms with Crippen LogP contribution in [-0.2, 0) is 0 Å². The maximum atomic E-state index is 9.18. The Kier molecular flexibility index (Phi) is 4.06. The Bertz CT molecular complexity index is 248. The molecule has 0 aliphatic heterocycles. The number of halogens is 1. The van der Waals surface area contributed by atoms with Gasteiger partial charge in [-0.1, -0.05) is 17.7 Å². The quantitative estimate of drug-likeness (QED) is 0.728. The van der Waals surface area contributed by atoms with Crippen LogP contribution in [0, 0.1) is 6.92 Å². The van der Waals surface area contributed by atoms with Gasteiger partial charge in [-0.3, -0.25) is 0 Å². The highest BCUT2D eigenvalue weighted by molar-refractivity contribution is 6.18. The third kappa shape index (κ3) is 3.66. The molecule has 2 N–H and O–H groups in total. The van der Waals surface area contributed by atoms with E-state index in [9.17, 15) is 5.11 Å². The molecular formula is C10H14ClNO. The van der Waals surface area contributed by atoms with Crippen LogP contribution in [0.1, 0.15) is 5.56 Å². The lowest BCUT2D eigenvalue weighted by molar-refractivity contribution is 0.211. The predicted molar refractivity (Wildman–Crippen MR) is 56.4 cm³/mol. The summed E-state index contributed by atoms with van der Waals surface area (Å²) in [6.07, 6.45) is -0.483. The lowest BCUT2D eigenvalue weighted by Crippen LogP contribution is -2.20. The van der Waals surface area contributed by atoms with Gasteiger partial charge in [0.05, 0.1) is 12.0 Å². The molecular weight excluding hydrogens is 186 g/mol. The molecule has 1 aromatic carbocycles. The number of nitrogens with one attached hydrogen (secondary N) is 1. The molecule has 0 saturated carbocycles. The molecule has 0 spiro atoms. The highest BCUT2D eigenvalue weighted by Gasteiger charge is 2.00. The first-order valence-corrected chi connectivity index (χ1v) is 4.80. The van der Waals surface area contributed by atoms with Crippen LogP contribution < -0.4 is 5.32 Å². The van der Waals surface area contributed by atoms with E-state index in [2.05, 4.69) is 5.32 Å². The minimum absolute atomic E-state index is 0.263. The van der Waals surface area contributed by atoms with Gasteiger partial charge in [-0.25, -0.2) is 0 Å². The first-order chi connectivity index (χ1) is 6.22. The summed E-state index contributed by atoms with van der Waals surface area (Å²) in [6, 6.07) is 8.01. The van der Waals surface area contributed by atoms with Crippen molar-refractivity contribution in [1.82, 2.24) is 0 Å². The molecule has 0 fully saturated rings. The van der Waals surface area contributed by atoms with Gasteiger partial charge in [-0.05, 0) is 19.1 Å². The minimum atomic E-state index is -0.483. The fraction of sp³-hybridized carbons (Fsp3) is 0.400. The molecule has 0 aromatic heterocycles. The van der Waals surface area contributed by atoms with Gasteiger partial charge in [0.1, 0.15) is 0 Å². The van der Waals surface area contributed by atoms with Crippen molar-refractivity contribution in [2.45, 2.75) is 13.0 Å². The van der Waals surface area contributed by atoms with Crippen molar-refractivity contribution >= 4 is 17.3 Å². The van der Waals surface area contributed by atoms with Crippen LogP contribution >= 0.6 is 11.6 Å². The molecule has 1 atom stereocenters. The molecule has 0 amide bonds. The van der Waals surface area contributed by atoms with Crippen LogP contribution in [-0.4, -0.2) is 23.6 Å². The first-order valence-electron chi connectivity index (χ1n) is 4.27. The van der Waals surface area contributed by atoms with Gasteiger partial charge in [0.25, 0.3) is 0 Å². The summed E-state index contributed by atoms with van der Waals surface area (Å²) in [4.78, 5) is 0. The Morgan fingerprint density at radius 2 is 2.00 bits per heavy atom. The zero-order chi connectivity index (χ0) is 9.68. The normalized spacial score (nSPS) is 12.5. The maximum absolute atomic E-state index is 9.18. The van der Waals surface area contributed by atoms with E-state index < -0.39 is 6.10 Å². The minimum Gasteiger partial charge on any atom is -0.390 e. The van der Waals surface area contributed by atoms with Crippen molar-refractivity contribution in [3.8, 4) is 0 Å². The van der Waals surface area contributed by atoms with Crippen molar-refractivity contribution in [1.29, 1.82) is 0 Å². The molecule has 0 saturated heterocycles. The van der Waals surface area contributed by atoms with Gasteiger partial charge < -0.3 is 10.4 Å². The SMILES string of the molecule is Cc1ccc(NCC(O)CCl)cc1. The number of anilines is 1. The number of hydrogen-bond donors (Lipinski definition) is 2. The smallest absolute Gasteiger partial charge is 0.0847 e. The summed E-state index contributed by atoms with van der Waals surface area (Å²) in [7, 11) is 0. The average molecular weight is 200 g/mol. The third-order valence-electron chi connectivity index (χ3n) is 1.77. The van der Waals surface area contributed by atoms with Crippen LogP contribution in [0.25, 0.3) is 0 Å². The number of aryl methyl sites for hydroxylation is 1. The topological polar surface area (TPSA) is 32.3 Å². The summed E-state index contributed by atoms with van der Waals surface area (Å²) in [5.41, 5.74) is 2.23. The summed E-state index contributed by atoms with van der Waals surface area (Å²) >= 11 is 5.45. The Labute approximate surface area is 83.5 Å². The second-order valence-corrected chi connectivity index (χ2v) is 3.36. The van der Waals surface area contributed by atoms with Crippen LogP contribution in [0.4, 0.5) is 5.69 Å². The monoisotopic (exact) mass is 199 g/mol. The van der Waals surface area contributed by atoms with Crippen molar-refractivity contribution in [2.75, 3.05) is 17.7 Å². The van der Waals surface area contributed by atoms with Gasteiger partial charge in [-0.2, -0.15) is 0 Å². The van der Waals surface area contributed by atoms with Crippen molar-refractivity contribution in [3.05, 3.63) is 29.8 Å². The lowest BCUT2D eigenvalue weighted by Gasteiger charge is -2.09. The van der Waals surface area contributed by atoms with E-state index in [0.717, 1.165) is 5.69 Å². The molecule has 1 unspecified atom stereocenters. The van der Waals surface area contributed by atoms with Crippen molar-refractivity contribution in [3.63, 3.8) is 0 Å². The summed E-state index contributed by atoms with van der Waals surface area (Å²) in [6.45, 7) is 2.53. The van der Waals surface area contributed by atoms with Crippen LogP contribution in [0.2, 0.25) is 0 Å². The van der Waals surface area contributed by atoms with Crippen molar-refractivity contribution < 1.29 is 5.11 Å². The van der Waals surface area contributed by atoms with Crippen LogP contribution in [0.5, 0.6) is 0 Å². The van der Waals surface area contributed by atoms with E-state index in [0.29, 0.717) is 6.54 Å². The van der Waals surface area contributed by atoms with Crippen LogP contribution in [0.3, 0.4) is 0 Å². The largest absolute Gasteiger partial charge is 0.390 e. The highest BCUT2D eigenvalue weighted by Crippen LogP contribution is 2.08. The Balaban J connectivity index is 2.41. The van der Waals surface area contributed by atoms with Crippen molar-refractivity contribution in [2.24, 2.45) is 0 Å². The Morgan fingerprint density at radius 3 is 2.54 bits per heavy atom. The van der Waals surface area contributed by atoms with Gasteiger partial charge in [0.15, 0.2) is 0 Å². The Hall–Kier alpha value is -0.730. The predicted octanol–water partition coefficient (Wildman–Crippen LogP) is 2.01. The Morgan fingerprint density at radius 1 is 1.38 bits per heavy atom. The standard InChI is InChI=1S/C10H14ClNO/c1-8-2-4-9(5-3-8)12-7-10(13)6-11/h2-5,10,12-13H,6-7H2,1H3. The van der Waals surface area contributed by atoms with E-state index in [1.807, 2.05) is 31.2 Å². The third-order valence-corrected chi connectivity index (χ3v) is 2.13. The summed E-state index contributed by atoms with van der Waals surface area (Å²) in [5.74, 6) is 0.263. The molecule has 0 radical (unpaired) electrons. The van der Waals surface area contributed by atoms with Gasteiger partial charge in [0, 0.05) is 12.2 Å².